The molecule has 5 nitrogen and oxygen atoms in total. The Balaban J connectivity index is 1.51. The van der Waals surface area contributed by atoms with Crippen LogP contribution in [0.25, 0.3) is 0 Å². The summed E-state index contributed by atoms with van der Waals surface area (Å²) in [7, 11) is 0. The number of ether oxygens (including phenoxy) is 1. The van der Waals surface area contributed by atoms with E-state index in [-0.39, 0.29) is 17.8 Å². The third kappa shape index (κ3) is 3.33. The minimum Gasteiger partial charge on any atom is -0.460 e. The highest BCUT2D eigenvalue weighted by atomic mass is 35.5. The maximum Gasteiger partial charge on any atom is 0.290 e. The Hall–Kier alpha value is -2.53. The van der Waals surface area contributed by atoms with Gasteiger partial charge < -0.3 is 15.4 Å². The number of alkyl halides is 1. The van der Waals surface area contributed by atoms with E-state index in [2.05, 4.69) is 34.9 Å². The van der Waals surface area contributed by atoms with Gasteiger partial charge in [-0.05, 0) is 42.2 Å². The summed E-state index contributed by atoms with van der Waals surface area (Å²) in [6.07, 6.45) is 2.06. The number of aryl methyl sites for hydroxylation is 1. The molecule has 0 saturated carbocycles. The van der Waals surface area contributed by atoms with Gasteiger partial charge in [-0.15, -0.1) is 11.6 Å². The van der Waals surface area contributed by atoms with Crippen molar-refractivity contribution in [3.63, 3.8) is 0 Å². The van der Waals surface area contributed by atoms with E-state index in [1.165, 1.54) is 11.1 Å². The summed E-state index contributed by atoms with van der Waals surface area (Å²) in [5, 5.41) is 5.98. The number of benzene rings is 2. The van der Waals surface area contributed by atoms with Crippen LogP contribution in [0, 0.1) is 0 Å². The van der Waals surface area contributed by atoms with Gasteiger partial charge in [-0.3, -0.25) is 4.79 Å². The lowest BCUT2D eigenvalue weighted by Crippen LogP contribution is -2.23. The van der Waals surface area contributed by atoms with Gasteiger partial charge in [-0.1, -0.05) is 24.3 Å². The summed E-state index contributed by atoms with van der Waals surface area (Å²) >= 11 is 5.52. The molecule has 2 N–H and O–H groups in total. The maximum absolute atomic E-state index is 11.4. The number of carbonyl (C=O) groups is 1. The molecule has 1 unspecified atom stereocenters. The highest BCUT2D eigenvalue weighted by Crippen LogP contribution is 2.34. The van der Waals surface area contributed by atoms with Crippen molar-refractivity contribution in [3.05, 3.63) is 59.2 Å². The van der Waals surface area contributed by atoms with E-state index < -0.39 is 0 Å². The predicted molar refractivity (Wildman–Crippen MR) is 99.1 cm³/mol. The molecule has 1 aliphatic heterocycles. The van der Waals surface area contributed by atoms with Crippen molar-refractivity contribution in [2.45, 2.75) is 25.5 Å². The summed E-state index contributed by atoms with van der Waals surface area (Å²) in [6, 6.07) is 14.8. The van der Waals surface area contributed by atoms with Gasteiger partial charge in [-0.2, -0.15) is 0 Å². The summed E-state index contributed by atoms with van der Waals surface area (Å²) in [6.45, 7) is 0.417. The largest absolute Gasteiger partial charge is 0.460 e. The van der Waals surface area contributed by atoms with Gasteiger partial charge in [0.1, 0.15) is 12.5 Å². The lowest BCUT2D eigenvalue weighted by Gasteiger charge is -2.22. The highest BCUT2D eigenvalue weighted by Gasteiger charge is 2.23. The molecule has 25 heavy (non-hydrogen) atoms. The van der Waals surface area contributed by atoms with Crippen LogP contribution < -0.4 is 10.6 Å². The number of carbonyl (C=O) groups excluding carboxylic acids is 1. The van der Waals surface area contributed by atoms with E-state index in [1.54, 1.807) is 0 Å². The van der Waals surface area contributed by atoms with Crippen LogP contribution in [0.1, 0.15) is 29.2 Å². The summed E-state index contributed by atoms with van der Waals surface area (Å²) in [4.78, 5) is 16.1. The van der Waals surface area contributed by atoms with Gasteiger partial charge in [0.2, 0.25) is 5.91 Å². The summed E-state index contributed by atoms with van der Waals surface area (Å²) in [5.74, 6) is -0.292. The molecule has 0 radical (unpaired) electrons. The molecular weight excluding hydrogens is 338 g/mol. The summed E-state index contributed by atoms with van der Waals surface area (Å²) < 4.78 is 5.77. The fourth-order valence-electron chi connectivity index (χ4n) is 3.28. The van der Waals surface area contributed by atoms with Crippen molar-refractivity contribution < 1.29 is 9.53 Å². The molecule has 4 rings (SSSR count). The number of anilines is 2. The van der Waals surface area contributed by atoms with Gasteiger partial charge in [0.25, 0.3) is 6.02 Å². The van der Waals surface area contributed by atoms with Crippen LogP contribution in [0.2, 0.25) is 0 Å². The van der Waals surface area contributed by atoms with Crippen LogP contribution >= 0.6 is 11.6 Å². The third-order valence-corrected chi connectivity index (χ3v) is 4.73. The average Bonchev–Trinajstić information content (AvgIpc) is 3.05. The van der Waals surface area contributed by atoms with Crippen molar-refractivity contribution in [1.82, 2.24) is 0 Å². The molecule has 2 aliphatic rings. The first-order valence-electron chi connectivity index (χ1n) is 8.27. The monoisotopic (exact) mass is 355 g/mol. The van der Waals surface area contributed by atoms with Crippen molar-refractivity contribution in [2.75, 3.05) is 16.5 Å². The molecule has 1 atom stereocenters. The van der Waals surface area contributed by atoms with E-state index in [9.17, 15) is 4.79 Å². The Kier molecular flexibility index (Phi) is 4.32. The second-order valence-corrected chi connectivity index (χ2v) is 6.42. The normalized spacial score (nSPS) is 19.6. The predicted octanol–water partition coefficient (Wildman–Crippen LogP) is 3.85. The van der Waals surface area contributed by atoms with Crippen molar-refractivity contribution in [3.8, 4) is 0 Å². The SMILES string of the molecule is O=C(CCl)Nc1ccc2c(c1)COC(=NC1CCc3ccccc31)N2. The van der Waals surface area contributed by atoms with Gasteiger partial charge in [0.15, 0.2) is 0 Å². The fourth-order valence-corrected chi connectivity index (χ4v) is 3.35. The molecule has 2 aromatic carbocycles. The van der Waals surface area contributed by atoms with Crippen LogP contribution in [-0.2, 0) is 22.6 Å². The smallest absolute Gasteiger partial charge is 0.290 e. The number of nitrogens with one attached hydrogen (secondary N) is 2. The number of hydrogen-bond acceptors (Lipinski definition) is 3. The number of halogens is 1. The number of aliphatic imine (C=N–C) groups is 1. The second kappa shape index (κ2) is 6.76. The van der Waals surface area contributed by atoms with Crippen molar-refractivity contribution in [2.24, 2.45) is 4.99 Å². The Morgan fingerprint density at radius 2 is 2.16 bits per heavy atom. The van der Waals surface area contributed by atoms with E-state index in [1.807, 2.05) is 18.2 Å². The van der Waals surface area contributed by atoms with E-state index >= 15 is 0 Å². The first-order chi connectivity index (χ1) is 12.2. The van der Waals surface area contributed by atoms with Gasteiger partial charge >= 0.3 is 0 Å². The van der Waals surface area contributed by atoms with Crippen LogP contribution in [-0.4, -0.2) is 17.8 Å². The standard InChI is InChI=1S/C19H18ClN3O2/c20-10-18(24)21-14-6-8-16-13(9-14)11-25-19(22-16)23-17-7-5-12-3-1-2-4-15(12)17/h1-4,6,8-9,17H,5,7,10-11H2,(H,21,24)(H,22,23). The van der Waals surface area contributed by atoms with Crippen LogP contribution in [0.3, 0.4) is 0 Å². The molecule has 0 bridgehead atoms. The fraction of sp³-hybridized carbons (Fsp3) is 0.263. The molecule has 128 valence electrons. The van der Waals surface area contributed by atoms with E-state index in [0.29, 0.717) is 18.3 Å². The zero-order chi connectivity index (χ0) is 17.2. The Morgan fingerprint density at radius 3 is 3.04 bits per heavy atom. The highest BCUT2D eigenvalue weighted by molar-refractivity contribution is 6.29. The minimum atomic E-state index is -0.228. The molecule has 2 aromatic rings. The van der Waals surface area contributed by atoms with Crippen LogP contribution in [0.5, 0.6) is 0 Å². The van der Waals surface area contributed by atoms with Crippen LogP contribution in [0.15, 0.2) is 47.5 Å². The molecule has 1 amide bonds. The van der Waals surface area contributed by atoms with Crippen molar-refractivity contribution in [1.29, 1.82) is 0 Å². The Labute approximate surface area is 151 Å². The zero-order valence-electron chi connectivity index (χ0n) is 13.6. The topological polar surface area (TPSA) is 62.7 Å². The van der Waals surface area contributed by atoms with Crippen molar-refractivity contribution >= 4 is 34.9 Å². The molecule has 0 fully saturated rings. The number of nitrogens with zero attached hydrogens (tertiary/aromatic N) is 1. The first-order valence-corrected chi connectivity index (χ1v) is 8.80. The Bertz CT molecular complexity index is 850. The first kappa shape index (κ1) is 16.0. The maximum atomic E-state index is 11.4. The lowest BCUT2D eigenvalue weighted by atomic mass is 10.1. The quantitative estimate of drug-likeness (QED) is 0.822. The minimum absolute atomic E-state index is 0.0640. The van der Waals surface area contributed by atoms with Gasteiger partial charge in [0, 0.05) is 16.9 Å². The van der Waals surface area contributed by atoms with Gasteiger partial charge in [0.05, 0.1) is 6.04 Å². The number of fused-ring (bicyclic) bond motifs is 2. The molecule has 0 aromatic heterocycles. The number of hydrogen-bond donors (Lipinski definition) is 2. The summed E-state index contributed by atoms with van der Waals surface area (Å²) in [5.41, 5.74) is 5.27. The molecule has 1 heterocycles. The third-order valence-electron chi connectivity index (χ3n) is 4.49. The number of rotatable bonds is 3. The average molecular weight is 356 g/mol. The Morgan fingerprint density at radius 1 is 1.28 bits per heavy atom. The molecule has 6 heteroatoms. The molecule has 0 spiro atoms. The number of amidine groups is 1. The molecular formula is C19H18ClN3O2. The molecule has 1 aliphatic carbocycles. The lowest BCUT2D eigenvalue weighted by molar-refractivity contribution is -0.113. The second-order valence-electron chi connectivity index (χ2n) is 6.15. The van der Waals surface area contributed by atoms with E-state index in [0.717, 1.165) is 24.1 Å². The number of amides is 1. The van der Waals surface area contributed by atoms with Gasteiger partial charge in [-0.25, -0.2) is 4.99 Å². The van der Waals surface area contributed by atoms with E-state index in [4.69, 9.17) is 21.3 Å². The van der Waals surface area contributed by atoms with Crippen LogP contribution in [0.4, 0.5) is 11.4 Å². The molecule has 0 saturated heterocycles. The zero-order valence-corrected chi connectivity index (χ0v) is 14.3.